The van der Waals surface area contributed by atoms with Gasteiger partial charge in [-0.05, 0) is 18.2 Å². The molecule has 0 aliphatic carbocycles. The third kappa shape index (κ3) is 1.03. The van der Waals surface area contributed by atoms with E-state index in [0.29, 0.717) is 0 Å². The van der Waals surface area contributed by atoms with Crippen LogP contribution >= 0.6 is 0 Å². The van der Waals surface area contributed by atoms with Crippen LogP contribution in [-0.4, -0.2) is 26.0 Å². The number of halogens is 1. The largest absolute Gasteiger partial charge is 0.427 e. The van der Waals surface area contributed by atoms with Gasteiger partial charge in [-0.2, -0.15) is 0 Å². The summed E-state index contributed by atoms with van der Waals surface area (Å²) in [5.41, 5.74) is 0.924. The van der Waals surface area contributed by atoms with Crippen LogP contribution in [0.3, 0.4) is 0 Å². The Labute approximate surface area is 49.6 Å². The molecule has 3 heteroatoms. The molecule has 1 rings (SSSR count). The zero-order valence-corrected chi connectivity index (χ0v) is 5.02. The normalized spacial score (nSPS) is 19.1. The summed E-state index contributed by atoms with van der Waals surface area (Å²) in [7, 11) is 1.96. The molecule has 0 unspecified atom stereocenters. The van der Waals surface area contributed by atoms with E-state index in [2.05, 4.69) is 0 Å². The van der Waals surface area contributed by atoms with E-state index in [1.165, 1.54) is 0 Å². The van der Waals surface area contributed by atoms with Crippen molar-refractivity contribution in [3.63, 3.8) is 0 Å². The monoisotopic (exact) mass is 113 g/mol. The van der Waals surface area contributed by atoms with E-state index >= 15 is 0 Å². The van der Waals surface area contributed by atoms with Gasteiger partial charge in [-0.15, -0.1) is 0 Å². The molecule has 0 atom stereocenters. The summed E-state index contributed by atoms with van der Waals surface area (Å²) in [6.07, 6.45) is 2.78. The molecular formula is C5H9BFN. The molecule has 1 aliphatic rings. The summed E-state index contributed by atoms with van der Waals surface area (Å²) in [5.74, 6) is 0. The van der Waals surface area contributed by atoms with Crippen LogP contribution in [0.4, 0.5) is 4.39 Å². The highest BCUT2D eigenvalue weighted by molar-refractivity contribution is 6.05. The average Bonchev–Trinajstić information content (AvgIpc) is 2.14. The summed E-state index contributed by atoms with van der Waals surface area (Å²) in [6.45, 7) is 0.712. The van der Waals surface area contributed by atoms with Gasteiger partial charge in [-0.3, -0.25) is 0 Å². The van der Waals surface area contributed by atoms with Crippen molar-refractivity contribution in [1.82, 2.24) is 4.81 Å². The number of hydrogen-bond acceptors (Lipinski definition) is 1. The third-order valence-electron chi connectivity index (χ3n) is 1.36. The summed E-state index contributed by atoms with van der Waals surface area (Å²) in [6, 6.07) is 0. The Morgan fingerprint density at radius 2 is 2.62 bits per heavy atom. The minimum Gasteiger partial charge on any atom is -0.427 e. The van der Waals surface area contributed by atoms with Crippen LogP contribution in [-0.2, 0) is 0 Å². The number of hydrogen-bond donors (Lipinski definition) is 0. The molecule has 0 aromatic rings. The second-order valence-electron chi connectivity index (χ2n) is 2.15. The molecule has 0 aromatic heterocycles. The second kappa shape index (κ2) is 2.20. The van der Waals surface area contributed by atoms with E-state index < -0.39 is 0 Å². The van der Waals surface area contributed by atoms with Crippen LogP contribution in [0.1, 0.15) is 6.42 Å². The highest BCUT2D eigenvalue weighted by Gasteiger charge is 2.05. The van der Waals surface area contributed by atoms with Gasteiger partial charge in [0, 0.05) is 6.54 Å². The maximum absolute atomic E-state index is 11.8. The van der Waals surface area contributed by atoms with Crippen LogP contribution in [0.2, 0.25) is 0 Å². The standard InChI is InChI=1S/C5H9BFN/c6-8-2-1-5(3-7)4-8/h4H,1-3,6H2. The minimum absolute atomic E-state index is 0.273. The first-order valence-corrected chi connectivity index (χ1v) is 2.78. The van der Waals surface area contributed by atoms with Gasteiger partial charge in [0.15, 0.2) is 0 Å². The molecule has 1 heterocycles. The van der Waals surface area contributed by atoms with Crippen molar-refractivity contribution in [3.05, 3.63) is 11.8 Å². The molecule has 0 saturated carbocycles. The van der Waals surface area contributed by atoms with Gasteiger partial charge < -0.3 is 4.81 Å². The number of nitrogens with zero attached hydrogens (tertiary/aromatic N) is 1. The van der Waals surface area contributed by atoms with Crippen molar-refractivity contribution in [1.29, 1.82) is 0 Å². The van der Waals surface area contributed by atoms with E-state index in [4.69, 9.17) is 0 Å². The van der Waals surface area contributed by atoms with Crippen LogP contribution in [0.5, 0.6) is 0 Å². The highest BCUT2D eigenvalue weighted by atomic mass is 19.1. The Kier molecular flexibility index (Phi) is 1.56. The fourth-order valence-electron chi connectivity index (χ4n) is 0.862. The zero-order chi connectivity index (χ0) is 5.98. The molecule has 0 radical (unpaired) electrons. The number of alkyl halides is 1. The fourth-order valence-corrected chi connectivity index (χ4v) is 0.862. The lowest BCUT2D eigenvalue weighted by Crippen LogP contribution is -2.07. The van der Waals surface area contributed by atoms with Gasteiger partial charge in [0.05, 0.1) is 0 Å². The topological polar surface area (TPSA) is 3.24 Å². The summed E-state index contributed by atoms with van der Waals surface area (Å²) < 4.78 is 11.8. The van der Waals surface area contributed by atoms with E-state index in [1.54, 1.807) is 0 Å². The Balaban J connectivity index is 2.44. The molecule has 0 amide bonds. The maximum atomic E-state index is 11.8. The lowest BCUT2D eigenvalue weighted by molar-refractivity contribution is 0.536. The summed E-state index contributed by atoms with van der Waals surface area (Å²) in [5, 5.41) is 0. The lowest BCUT2D eigenvalue weighted by Gasteiger charge is -2.02. The van der Waals surface area contributed by atoms with Crippen molar-refractivity contribution in [3.8, 4) is 0 Å². The summed E-state index contributed by atoms with van der Waals surface area (Å²) in [4.78, 5) is 2.01. The molecule has 8 heavy (non-hydrogen) atoms. The fraction of sp³-hybridized carbons (Fsp3) is 0.600. The van der Waals surface area contributed by atoms with Crippen LogP contribution in [0, 0.1) is 0 Å². The van der Waals surface area contributed by atoms with Crippen molar-refractivity contribution < 1.29 is 4.39 Å². The Morgan fingerprint density at radius 3 is 2.88 bits per heavy atom. The van der Waals surface area contributed by atoms with Gasteiger partial charge in [-0.25, -0.2) is 4.39 Å². The van der Waals surface area contributed by atoms with Crippen molar-refractivity contribution >= 4 is 7.98 Å². The van der Waals surface area contributed by atoms with Gasteiger partial charge in [0.25, 0.3) is 0 Å². The van der Waals surface area contributed by atoms with Crippen LogP contribution in [0.25, 0.3) is 0 Å². The first kappa shape index (κ1) is 5.67. The molecule has 0 fully saturated rings. The average molecular weight is 113 g/mol. The smallest absolute Gasteiger partial charge is 0.216 e. The second-order valence-corrected chi connectivity index (χ2v) is 2.15. The first-order chi connectivity index (χ1) is 3.83. The van der Waals surface area contributed by atoms with Gasteiger partial charge >= 0.3 is 0 Å². The quantitative estimate of drug-likeness (QED) is 0.435. The molecule has 0 spiro atoms. The molecular weight excluding hydrogens is 104 g/mol. The minimum atomic E-state index is -0.273. The lowest BCUT2D eigenvalue weighted by atomic mass is 10.3. The predicted molar refractivity (Wildman–Crippen MR) is 33.9 cm³/mol. The Hall–Kier alpha value is -0.465. The van der Waals surface area contributed by atoms with E-state index in [1.807, 2.05) is 19.0 Å². The third-order valence-corrected chi connectivity index (χ3v) is 1.36. The maximum Gasteiger partial charge on any atom is 0.216 e. The summed E-state index contributed by atoms with van der Waals surface area (Å²) >= 11 is 0. The first-order valence-electron chi connectivity index (χ1n) is 2.78. The van der Waals surface area contributed by atoms with E-state index in [-0.39, 0.29) is 6.67 Å². The van der Waals surface area contributed by atoms with Crippen molar-refractivity contribution in [2.24, 2.45) is 0 Å². The Morgan fingerprint density at radius 1 is 1.88 bits per heavy atom. The molecule has 1 nitrogen and oxygen atoms in total. The predicted octanol–water partition coefficient (Wildman–Crippen LogP) is 0.0936. The van der Waals surface area contributed by atoms with Crippen molar-refractivity contribution in [2.75, 3.05) is 13.2 Å². The molecule has 44 valence electrons. The SMILES string of the molecule is BN1C=C(CF)CC1. The molecule has 0 N–H and O–H groups in total. The molecule has 1 aliphatic heterocycles. The van der Waals surface area contributed by atoms with E-state index in [0.717, 1.165) is 18.5 Å². The van der Waals surface area contributed by atoms with Crippen LogP contribution in [0.15, 0.2) is 11.8 Å². The van der Waals surface area contributed by atoms with Crippen molar-refractivity contribution in [2.45, 2.75) is 6.42 Å². The molecule has 0 aromatic carbocycles. The van der Waals surface area contributed by atoms with Gasteiger partial charge in [0.2, 0.25) is 7.98 Å². The van der Waals surface area contributed by atoms with E-state index in [9.17, 15) is 4.39 Å². The molecule has 0 bridgehead atoms. The van der Waals surface area contributed by atoms with Crippen LogP contribution < -0.4 is 0 Å². The van der Waals surface area contributed by atoms with Gasteiger partial charge in [0.1, 0.15) is 6.67 Å². The molecule has 0 saturated heterocycles. The zero-order valence-electron chi connectivity index (χ0n) is 5.02. The van der Waals surface area contributed by atoms with Gasteiger partial charge in [-0.1, -0.05) is 0 Å². The Bertz CT molecular complexity index is 113. The highest BCUT2D eigenvalue weighted by Crippen LogP contribution is 2.10. The number of rotatable bonds is 1.